The Bertz CT molecular complexity index is 1090. The first-order valence-electron chi connectivity index (χ1n) is 18.0. The van der Waals surface area contributed by atoms with Crippen molar-refractivity contribution >= 4 is 5.97 Å². The van der Waals surface area contributed by atoms with Gasteiger partial charge in [-0.15, -0.1) is 0 Å². The predicted molar refractivity (Wildman–Crippen MR) is 171 cm³/mol. The lowest BCUT2D eigenvalue weighted by Crippen LogP contribution is -2.57. The molecule has 0 radical (unpaired) electrons. The van der Waals surface area contributed by atoms with E-state index < -0.39 is 53.0 Å². The van der Waals surface area contributed by atoms with Crippen molar-refractivity contribution in [3.63, 3.8) is 0 Å². The molecule has 5 fully saturated rings. The van der Waals surface area contributed by atoms with E-state index in [1.165, 1.54) is 7.11 Å². The maximum atomic E-state index is 11.8. The Morgan fingerprint density at radius 2 is 1.70 bits per heavy atom. The van der Waals surface area contributed by atoms with Gasteiger partial charge < -0.3 is 43.7 Å². The van der Waals surface area contributed by atoms with Crippen LogP contribution in [0.3, 0.4) is 0 Å². The molecule has 1 spiro atoms. The standard InChI is InChI=1S/C36H62O10/c1-11-35(31-20(3)17-26(42-31)28-19(2)16-21(4)34(9,40)44-28)13-12-27(43-35)33(8)14-15-36(46-33)18-25(37)22(5)30(45-36)23(6)29(41-10)24(7)32(38)39/h19-31,37,40H,11-18H2,1-10H3,(H,38,39). The Balaban J connectivity index is 1.29. The Kier molecular flexibility index (Phi) is 10.4. The third kappa shape index (κ3) is 6.43. The Labute approximate surface area is 276 Å². The molecule has 3 N–H and O–H groups in total. The number of carboxylic acids is 1. The number of aliphatic hydroxyl groups excluding tert-OH is 1. The molecule has 46 heavy (non-hydrogen) atoms. The zero-order valence-corrected chi connectivity index (χ0v) is 29.9. The van der Waals surface area contributed by atoms with Gasteiger partial charge >= 0.3 is 5.97 Å². The van der Waals surface area contributed by atoms with Crippen molar-refractivity contribution in [3.05, 3.63) is 0 Å². The van der Waals surface area contributed by atoms with Gasteiger partial charge in [0.05, 0.1) is 59.8 Å². The molecule has 0 bridgehead atoms. The van der Waals surface area contributed by atoms with Gasteiger partial charge in [-0.2, -0.15) is 0 Å². The van der Waals surface area contributed by atoms with Gasteiger partial charge in [-0.3, -0.25) is 4.79 Å². The average Bonchev–Trinajstić information content (AvgIpc) is 3.69. The molecule has 0 amide bonds. The molecule has 5 rings (SSSR count). The average molecular weight is 655 g/mol. The van der Waals surface area contributed by atoms with Gasteiger partial charge in [-0.05, 0) is 71.1 Å². The fourth-order valence-corrected chi connectivity index (χ4v) is 9.79. The smallest absolute Gasteiger partial charge is 0.308 e. The third-order valence-corrected chi connectivity index (χ3v) is 13.0. The highest BCUT2D eigenvalue weighted by Gasteiger charge is 2.62. The zero-order chi connectivity index (χ0) is 34.0. The fourth-order valence-electron chi connectivity index (χ4n) is 9.79. The number of rotatable bonds is 9. The molecule has 17 atom stereocenters. The van der Waals surface area contributed by atoms with Gasteiger partial charge in [0.25, 0.3) is 0 Å². The molecule has 0 aromatic carbocycles. The van der Waals surface area contributed by atoms with Crippen LogP contribution in [0.5, 0.6) is 0 Å². The minimum atomic E-state index is -1.16. The van der Waals surface area contributed by atoms with Crippen molar-refractivity contribution in [2.75, 3.05) is 7.11 Å². The van der Waals surface area contributed by atoms with E-state index in [2.05, 4.69) is 27.7 Å². The number of hydrogen-bond donors (Lipinski definition) is 3. The summed E-state index contributed by atoms with van der Waals surface area (Å²) >= 11 is 0. The lowest BCUT2D eigenvalue weighted by atomic mass is 9.78. The van der Waals surface area contributed by atoms with Crippen LogP contribution in [-0.2, 0) is 33.2 Å². The quantitative estimate of drug-likeness (QED) is 0.301. The van der Waals surface area contributed by atoms with Gasteiger partial charge in [-0.25, -0.2) is 0 Å². The van der Waals surface area contributed by atoms with Crippen LogP contribution in [-0.4, -0.2) is 93.9 Å². The molecule has 0 aliphatic carbocycles. The van der Waals surface area contributed by atoms with Crippen LogP contribution >= 0.6 is 0 Å². The topological polar surface area (TPSA) is 133 Å². The minimum absolute atomic E-state index is 0.0652. The van der Waals surface area contributed by atoms with Crippen LogP contribution in [0.2, 0.25) is 0 Å². The number of aliphatic carboxylic acids is 1. The largest absolute Gasteiger partial charge is 0.481 e. The van der Waals surface area contributed by atoms with Crippen molar-refractivity contribution in [2.24, 2.45) is 35.5 Å². The van der Waals surface area contributed by atoms with Crippen molar-refractivity contribution in [1.82, 2.24) is 0 Å². The molecule has 5 heterocycles. The SMILES string of the molecule is CCC1(C2OC(C3OC(C)(O)C(C)CC3C)CC2C)CCC(C2(C)CCC3(CC(O)C(C)C(C(C)C(OC)C(C)C(=O)O)O3)O2)O1. The summed E-state index contributed by atoms with van der Waals surface area (Å²) in [6, 6.07) is 0. The molecule has 0 saturated carbocycles. The highest BCUT2D eigenvalue weighted by molar-refractivity contribution is 5.70. The molecule has 5 saturated heterocycles. The van der Waals surface area contributed by atoms with E-state index >= 15 is 0 Å². The summed E-state index contributed by atoms with van der Waals surface area (Å²) in [4.78, 5) is 11.8. The molecule has 5 aliphatic heterocycles. The zero-order valence-electron chi connectivity index (χ0n) is 29.9. The maximum Gasteiger partial charge on any atom is 0.308 e. The Morgan fingerprint density at radius 1 is 1.00 bits per heavy atom. The molecule has 5 aliphatic rings. The highest BCUT2D eigenvalue weighted by atomic mass is 16.7. The maximum absolute atomic E-state index is 11.8. The summed E-state index contributed by atoms with van der Waals surface area (Å²) in [6.45, 7) is 18.1. The Morgan fingerprint density at radius 3 is 2.33 bits per heavy atom. The van der Waals surface area contributed by atoms with Crippen LogP contribution in [0, 0.1) is 35.5 Å². The second-order valence-corrected chi connectivity index (χ2v) is 16.3. The monoisotopic (exact) mass is 654 g/mol. The van der Waals surface area contributed by atoms with E-state index in [1.807, 2.05) is 20.8 Å². The Hall–Kier alpha value is -0.850. The molecule has 10 heteroatoms. The van der Waals surface area contributed by atoms with Crippen LogP contribution in [0.15, 0.2) is 0 Å². The van der Waals surface area contributed by atoms with Crippen molar-refractivity contribution in [1.29, 1.82) is 0 Å². The molecule has 10 nitrogen and oxygen atoms in total. The number of methoxy groups -OCH3 is 1. The molecule has 0 aromatic heterocycles. The number of ether oxygens (including phenoxy) is 6. The van der Waals surface area contributed by atoms with E-state index in [0.29, 0.717) is 12.8 Å². The first-order valence-corrected chi connectivity index (χ1v) is 18.0. The van der Waals surface area contributed by atoms with Gasteiger partial charge in [0.15, 0.2) is 11.6 Å². The molecule has 17 unspecified atom stereocenters. The van der Waals surface area contributed by atoms with E-state index in [4.69, 9.17) is 28.4 Å². The van der Waals surface area contributed by atoms with Crippen LogP contribution in [0.4, 0.5) is 0 Å². The molecular weight excluding hydrogens is 592 g/mol. The van der Waals surface area contributed by atoms with Crippen molar-refractivity contribution in [2.45, 2.75) is 179 Å². The number of aliphatic hydroxyl groups is 2. The fraction of sp³-hybridized carbons (Fsp3) is 0.972. The summed E-state index contributed by atoms with van der Waals surface area (Å²) in [5.74, 6) is -3.64. The van der Waals surface area contributed by atoms with E-state index in [1.54, 1.807) is 13.8 Å². The van der Waals surface area contributed by atoms with Crippen molar-refractivity contribution in [3.8, 4) is 0 Å². The third-order valence-electron chi connectivity index (χ3n) is 13.0. The van der Waals surface area contributed by atoms with E-state index in [9.17, 15) is 20.1 Å². The summed E-state index contributed by atoms with van der Waals surface area (Å²) in [5, 5.41) is 31.9. The number of hydrogen-bond acceptors (Lipinski definition) is 9. The first kappa shape index (κ1) is 36.4. The van der Waals surface area contributed by atoms with Gasteiger partial charge in [0.1, 0.15) is 0 Å². The highest BCUT2D eigenvalue weighted by Crippen LogP contribution is 2.55. The molecule has 266 valence electrons. The normalized spacial score (nSPS) is 51.7. The summed E-state index contributed by atoms with van der Waals surface area (Å²) in [5.41, 5.74) is -1.07. The molecular formula is C36H62O10. The van der Waals surface area contributed by atoms with Gasteiger partial charge in [0, 0.05) is 37.7 Å². The van der Waals surface area contributed by atoms with Gasteiger partial charge in [-0.1, -0.05) is 41.5 Å². The second-order valence-electron chi connectivity index (χ2n) is 16.3. The van der Waals surface area contributed by atoms with E-state index in [0.717, 1.165) is 38.5 Å². The first-order chi connectivity index (χ1) is 21.4. The van der Waals surface area contributed by atoms with Crippen LogP contribution in [0.25, 0.3) is 0 Å². The minimum Gasteiger partial charge on any atom is -0.481 e. The van der Waals surface area contributed by atoms with Gasteiger partial charge in [0.2, 0.25) is 0 Å². The van der Waals surface area contributed by atoms with E-state index in [-0.39, 0.29) is 54.0 Å². The number of carboxylic acid groups (broad SMARTS) is 1. The summed E-state index contributed by atoms with van der Waals surface area (Å²) < 4.78 is 39.6. The second kappa shape index (κ2) is 13.1. The summed E-state index contributed by atoms with van der Waals surface area (Å²) in [7, 11) is 1.53. The lowest BCUT2D eigenvalue weighted by molar-refractivity contribution is -0.335. The predicted octanol–water partition coefficient (Wildman–Crippen LogP) is 5.30. The number of carbonyl (C=O) groups is 1. The van der Waals surface area contributed by atoms with Crippen LogP contribution in [0.1, 0.15) is 114 Å². The van der Waals surface area contributed by atoms with Crippen LogP contribution < -0.4 is 0 Å². The lowest BCUT2D eigenvalue weighted by Gasteiger charge is -2.49. The molecule has 0 aromatic rings. The summed E-state index contributed by atoms with van der Waals surface area (Å²) in [6.07, 6.45) is 3.80. The van der Waals surface area contributed by atoms with Crippen molar-refractivity contribution < 1.29 is 48.5 Å².